The molecule has 1 N–H and O–H groups in total. The Hall–Kier alpha value is -3.48. The Morgan fingerprint density at radius 1 is 1.10 bits per heavy atom. The average molecular weight is 405 g/mol. The second kappa shape index (κ2) is 8.49. The number of carbonyl (C=O) groups excluding carboxylic acids is 2. The first-order valence-corrected chi connectivity index (χ1v) is 10.1. The Balaban J connectivity index is 1.41. The van der Waals surface area contributed by atoms with Crippen molar-refractivity contribution in [3.8, 4) is 0 Å². The second-order valence-electron chi connectivity index (χ2n) is 7.83. The molecule has 2 aliphatic rings. The molecule has 2 aromatic rings. The normalized spacial score (nSPS) is 15.7. The maximum absolute atomic E-state index is 12.8. The minimum absolute atomic E-state index is 0.00513. The van der Waals surface area contributed by atoms with Gasteiger partial charge in [-0.3, -0.25) is 19.7 Å². The number of nitro groups is 1. The molecule has 2 aliphatic carbocycles. The van der Waals surface area contributed by atoms with Crippen LogP contribution in [0.1, 0.15) is 47.2 Å². The quantitative estimate of drug-likeness (QED) is 0.412. The maximum Gasteiger partial charge on any atom is 0.270 e. The summed E-state index contributed by atoms with van der Waals surface area (Å²) in [6.07, 6.45) is 7.11. The van der Waals surface area contributed by atoms with Gasteiger partial charge >= 0.3 is 0 Å². The lowest BCUT2D eigenvalue weighted by Gasteiger charge is -2.21. The molecule has 2 saturated carbocycles. The fraction of sp³-hybridized carbons (Fsp3) is 0.304. The Kier molecular flexibility index (Phi) is 5.61. The van der Waals surface area contributed by atoms with Crippen molar-refractivity contribution in [3.05, 3.63) is 81.4 Å². The van der Waals surface area contributed by atoms with Crippen LogP contribution >= 0.6 is 0 Å². The van der Waals surface area contributed by atoms with Crippen LogP contribution in [0.5, 0.6) is 0 Å². The first-order chi connectivity index (χ1) is 14.5. The van der Waals surface area contributed by atoms with Gasteiger partial charge in [0.05, 0.1) is 4.92 Å². The van der Waals surface area contributed by atoms with Gasteiger partial charge in [-0.25, -0.2) is 0 Å². The summed E-state index contributed by atoms with van der Waals surface area (Å²) in [7, 11) is 0. The van der Waals surface area contributed by atoms with E-state index >= 15 is 0 Å². The number of nitro benzene ring substituents is 1. The van der Waals surface area contributed by atoms with E-state index < -0.39 is 4.92 Å². The van der Waals surface area contributed by atoms with E-state index in [1.54, 1.807) is 30.3 Å². The average Bonchev–Trinajstić information content (AvgIpc) is 3.66. The number of nitrogens with zero attached hydrogens (tertiary/aromatic N) is 2. The van der Waals surface area contributed by atoms with Crippen molar-refractivity contribution in [1.29, 1.82) is 0 Å². The molecule has 0 heterocycles. The Morgan fingerprint density at radius 2 is 1.83 bits per heavy atom. The topological polar surface area (TPSA) is 92.6 Å². The summed E-state index contributed by atoms with van der Waals surface area (Å²) < 4.78 is 0. The molecule has 0 radical (unpaired) electrons. The second-order valence-corrected chi connectivity index (χ2v) is 7.83. The number of hydrogen-bond acceptors (Lipinski definition) is 4. The van der Waals surface area contributed by atoms with E-state index in [2.05, 4.69) is 5.32 Å². The van der Waals surface area contributed by atoms with Gasteiger partial charge < -0.3 is 10.2 Å². The molecule has 0 unspecified atom stereocenters. The monoisotopic (exact) mass is 405 g/mol. The summed E-state index contributed by atoms with van der Waals surface area (Å²) in [5, 5.41) is 13.9. The van der Waals surface area contributed by atoms with Crippen molar-refractivity contribution in [2.24, 2.45) is 0 Å². The van der Waals surface area contributed by atoms with Crippen LogP contribution in [0.2, 0.25) is 0 Å². The lowest BCUT2D eigenvalue weighted by atomic mass is 10.1. The van der Waals surface area contributed by atoms with Crippen molar-refractivity contribution in [2.45, 2.75) is 44.3 Å². The maximum atomic E-state index is 12.8. The molecule has 0 aromatic heterocycles. The SMILES string of the molecule is O=C(NC1CC1)c1ccc(CN(C(=O)/C=C/c2cccc([N+](=O)[O-])c2)C2CC2)cc1. The molecule has 0 aliphatic heterocycles. The highest BCUT2D eigenvalue weighted by atomic mass is 16.6. The standard InChI is InChI=1S/C23H23N3O4/c27-22(13-6-16-2-1-3-21(14-16)26(29)30)25(20-11-12-20)15-17-4-7-18(8-5-17)23(28)24-19-9-10-19/h1-8,13-14,19-20H,9-12,15H2,(H,24,28)/b13-6+. The third-order valence-corrected chi connectivity index (χ3v) is 5.25. The molecule has 0 atom stereocenters. The number of carbonyl (C=O) groups is 2. The fourth-order valence-corrected chi connectivity index (χ4v) is 3.23. The van der Waals surface area contributed by atoms with E-state index in [9.17, 15) is 19.7 Å². The summed E-state index contributed by atoms with van der Waals surface area (Å²) in [4.78, 5) is 37.1. The van der Waals surface area contributed by atoms with Crippen LogP contribution in [0, 0.1) is 10.1 Å². The molecule has 0 bridgehead atoms. The summed E-state index contributed by atoms with van der Waals surface area (Å²) in [5.74, 6) is -0.182. The number of rotatable bonds is 8. The molecule has 7 heteroatoms. The summed E-state index contributed by atoms with van der Waals surface area (Å²) in [5.41, 5.74) is 2.19. The zero-order valence-electron chi connectivity index (χ0n) is 16.5. The lowest BCUT2D eigenvalue weighted by Crippen LogP contribution is -2.31. The minimum Gasteiger partial charge on any atom is -0.349 e. The zero-order chi connectivity index (χ0) is 21.1. The highest BCUT2D eigenvalue weighted by molar-refractivity contribution is 5.94. The van der Waals surface area contributed by atoms with E-state index in [1.807, 2.05) is 17.0 Å². The van der Waals surface area contributed by atoms with Crippen molar-refractivity contribution in [3.63, 3.8) is 0 Å². The van der Waals surface area contributed by atoms with Gasteiger partial charge in [0.15, 0.2) is 0 Å². The number of non-ortho nitro benzene ring substituents is 1. The largest absolute Gasteiger partial charge is 0.349 e. The number of hydrogen-bond donors (Lipinski definition) is 1. The minimum atomic E-state index is -0.454. The number of benzene rings is 2. The molecule has 0 spiro atoms. The summed E-state index contributed by atoms with van der Waals surface area (Å²) in [6, 6.07) is 14.1. The smallest absolute Gasteiger partial charge is 0.270 e. The highest BCUT2D eigenvalue weighted by Crippen LogP contribution is 2.29. The van der Waals surface area contributed by atoms with Crippen molar-refractivity contribution in [1.82, 2.24) is 10.2 Å². The molecular formula is C23H23N3O4. The highest BCUT2D eigenvalue weighted by Gasteiger charge is 2.31. The van der Waals surface area contributed by atoms with Gasteiger partial charge in [-0.1, -0.05) is 24.3 Å². The van der Waals surface area contributed by atoms with Gasteiger partial charge in [-0.05, 0) is 55.0 Å². The van der Waals surface area contributed by atoms with E-state index in [0.717, 1.165) is 31.2 Å². The van der Waals surface area contributed by atoms with E-state index in [1.165, 1.54) is 18.2 Å². The van der Waals surface area contributed by atoms with Gasteiger partial charge in [0.25, 0.3) is 11.6 Å². The molecule has 4 rings (SSSR count). The third-order valence-electron chi connectivity index (χ3n) is 5.25. The Labute approximate surface area is 174 Å². The predicted octanol–water partition coefficient (Wildman–Crippen LogP) is 3.69. The van der Waals surface area contributed by atoms with Crippen molar-refractivity contribution < 1.29 is 14.5 Å². The van der Waals surface area contributed by atoms with Crippen LogP contribution < -0.4 is 5.32 Å². The molecular weight excluding hydrogens is 382 g/mol. The zero-order valence-corrected chi connectivity index (χ0v) is 16.5. The van der Waals surface area contributed by atoms with E-state index in [-0.39, 0.29) is 23.5 Å². The molecule has 30 heavy (non-hydrogen) atoms. The molecule has 2 aromatic carbocycles. The van der Waals surface area contributed by atoms with Gasteiger partial charge in [0.1, 0.15) is 0 Å². The number of nitrogens with one attached hydrogen (secondary N) is 1. The van der Waals surface area contributed by atoms with Gasteiger partial charge in [0, 0.05) is 42.4 Å². The molecule has 0 saturated heterocycles. The van der Waals surface area contributed by atoms with Crippen LogP contribution in [-0.2, 0) is 11.3 Å². The first kappa shape index (κ1) is 19.8. The predicted molar refractivity (Wildman–Crippen MR) is 113 cm³/mol. The van der Waals surface area contributed by atoms with Crippen molar-refractivity contribution in [2.75, 3.05) is 0 Å². The van der Waals surface area contributed by atoms with Crippen molar-refractivity contribution >= 4 is 23.6 Å². The number of amides is 2. The van der Waals surface area contributed by atoms with Crippen LogP contribution in [0.15, 0.2) is 54.6 Å². The molecule has 7 nitrogen and oxygen atoms in total. The van der Waals surface area contributed by atoms with E-state index in [4.69, 9.17) is 0 Å². The molecule has 154 valence electrons. The lowest BCUT2D eigenvalue weighted by molar-refractivity contribution is -0.384. The van der Waals surface area contributed by atoms with Crippen LogP contribution in [0.3, 0.4) is 0 Å². The van der Waals surface area contributed by atoms with Crippen LogP contribution in [0.4, 0.5) is 5.69 Å². The molecule has 2 fully saturated rings. The Bertz CT molecular complexity index is 992. The van der Waals surface area contributed by atoms with Gasteiger partial charge in [0.2, 0.25) is 5.91 Å². The summed E-state index contributed by atoms with van der Waals surface area (Å²) >= 11 is 0. The first-order valence-electron chi connectivity index (χ1n) is 10.1. The molecule has 2 amide bonds. The fourth-order valence-electron chi connectivity index (χ4n) is 3.23. The van der Waals surface area contributed by atoms with Crippen LogP contribution in [0.25, 0.3) is 6.08 Å². The Morgan fingerprint density at radius 3 is 2.47 bits per heavy atom. The van der Waals surface area contributed by atoms with Gasteiger partial charge in [-0.15, -0.1) is 0 Å². The summed E-state index contributed by atoms with van der Waals surface area (Å²) in [6.45, 7) is 0.466. The van der Waals surface area contributed by atoms with Gasteiger partial charge in [-0.2, -0.15) is 0 Å². The third kappa shape index (κ3) is 5.11. The van der Waals surface area contributed by atoms with Crippen LogP contribution in [-0.4, -0.2) is 33.7 Å². The van der Waals surface area contributed by atoms with E-state index in [0.29, 0.717) is 23.7 Å².